The number of rotatable bonds is 0. The van der Waals surface area contributed by atoms with E-state index in [1.165, 1.54) is 5.56 Å². The maximum Gasteiger partial charge on any atom is 0.320 e. The Balaban J connectivity index is 2.43. The number of hydrogen-bond donors (Lipinski definition) is 0. The van der Waals surface area contributed by atoms with Crippen LogP contribution in [0.3, 0.4) is 0 Å². The molecule has 0 spiro atoms. The molecule has 2 rings (SSSR count). The van der Waals surface area contributed by atoms with Crippen LogP contribution in [0.1, 0.15) is 12.5 Å². The molecule has 0 fully saturated rings. The van der Waals surface area contributed by atoms with Gasteiger partial charge >= 0.3 is 5.37 Å². The van der Waals surface area contributed by atoms with Gasteiger partial charge in [-0.25, -0.2) is 0 Å². The van der Waals surface area contributed by atoms with E-state index in [4.69, 9.17) is 11.6 Å². The maximum atomic E-state index is 11.2. The molecule has 0 N–H and O–H groups in total. The number of para-hydroxylation sites is 1. The third-order valence-corrected chi connectivity index (χ3v) is 2.76. The number of halogens is 1. The van der Waals surface area contributed by atoms with Crippen LogP contribution in [-0.2, 0) is 6.42 Å². The normalized spacial score (nSPS) is 20.4. The Hall–Kier alpha value is -1.02. The Morgan fingerprint density at radius 1 is 1.50 bits per heavy atom. The lowest BCUT2D eigenvalue weighted by Gasteiger charge is -2.31. The van der Waals surface area contributed by atoms with Gasteiger partial charge < -0.3 is 0 Å². The fourth-order valence-corrected chi connectivity index (χ4v) is 2.12. The first-order valence-electron chi connectivity index (χ1n) is 4.73. The quantitative estimate of drug-likeness (QED) is 0.475. The Bertz CT molecular complexity index is 364. The van der Waals surface area contributed by atoms with E-state index in [0.717, 1.165) is 18.7 Å². The largest absolute Gasteiger partial charge is 0.320 e. The van der Waals surface area contributed by atoms with E-state index in [9.17, 15) is 4.79 Å². The molecule has 0 bridgehead atoms. The molecule has 3 heteroatoms. The van der Waals surface area contributed by atoms with Gasteiger partial charge in [0.05, 0.1) is 0 Å². The summed E-state index contributed by atoms with van der Waals surface area (Å²) in [5.74, 6) is 0.479. The molecular formula is C11H12ClNO. The van der Waals surface area contributed by atoms with Crippen molar-refractivity contribution in [3.63, 3.8) is 0 Å². The van der Waals surface area contributed by atoms with Crippen molar-refractivity contribution >= 4 is 22.7 Å². The molecule has 14 heavy (non-hydrogen) atoms. The molecule has 0 unspecified atom stereocenters. The first kappa shape index (κ1) is 9.53. The average Bonchev–Trinajstić information content (AvgIpc) is 2.16. The minimum absolute atomic E-state index is 0.385. The molecule has 0 aliphatic carbocycles. The zero-order valence-electron chi connectivity index (χ0n) is 8.03. The van der Waals surface area contributed by atoms with Gasteiger partial charge in [-0.3, -0.25) is 9.69 Å². The van der Waals surface area contributed by atoms with Crippen molar-refractivity contribution in [2.24, 2.45) is 5.92 Å². The van der Waals surface area contributed by atoms with Crippen molar-refractivity contribution in [1.82, 2.24) is 0 Å². The van der Waals surface area contributed by atoms with Crippen LogP contribution in [-0.4, -0.2) is 11.9 Å². The van der Waals surface area contributed by atoms with Gasteiger partial charge in [0.15, 0.2) is 0 Å². The molecule has 0 radical (unpaired) electrons. The van der Waals surface area contributed by atoms with Gasteiger partial charge in [0, 0.05) is 12.2 Å². The first-order valence-corrected chi connectivity index (χ1v) is 5.11. The summed E-state index contributed by atoms with van der Waals surface area (Å²) in [5.41, 5.74) is 2.17. The average molecular weight is 210 g/mol. The lowest BCUT2D eigenvalue weighted by atomic mass is 9.94. The number of amides is 1. The minimum atomic E-state index is -0.385. The van der Waals surface area contributed by atoms with E-state index in [2.05, 4.69) is 13.0 Å². The topological polar surface area (TPSA) is 20.3 Å². The fourth-order valence-electron chi connectivity index (χ4n) is 1.96. The Morgan fingerprint density at radius 2 is 2.21 bits per heavy atom. The number of hydrogen-bond acceptors (Lipinski definition) is 1. The monoisotopic (exact) mass is 209 g/mol. The molecule has 1 aliphatic heterocycles. The van der Waals surface area contributed by atoms with Crippen LogP contribution in [0.2, 0.25) is 0 Å². The summed E-state index contributed by atoms with van der Waals surface area (Å²) in [7, 11) is 0. The summed E-state index contributed by atoms with van der Waals surface area (Å²) >= 11 is 5.54. The van der Waals surface area contributed by atoms with E-state index in [0.29, 0.717) is 5.92 Å². The lowest BCUT2D eigenvalue weighted by molar-refractivity contribution is 0.262. The molecular weight excluding hydrogens is 198 g/mol. The minimum Gasteiger partial charge on any atom is -0.298 e. The van der Waals surface area contributed by atoms with Crippen molar-refractivity contribution in [3.8, 4) is 0 Å². The van der Waals surface area contributed by atoms with Crippen LogP contribution in [0.4, 0.5) is 10.5 Å². The lowest BCUT2D eigenvalue weighted by Crippen LogP contribution is -2.35. The number of carbonyl (C=O) groups is 1. The van der Waals surface area contributed by atoms with Crippen LogP contribution >= 0.6 is 11.6 Å². The number of benzene rings is 1. The van der Waals surface area contributed by atoms with Crippen LogP contribution in [0, 0.1) is 5.92 Å². The van der Waals surface area contributed by atoms with Gasteiger partial charge in [0.1, 0.15) is 0 Å². The molecule has 2 nitrogen and oxygen atoms in total. The van der Waals surface area contributed by atoms with Crippen LogP contribution in [0.25, 0.3) is 0 Å². The van der Waals surface area contributed by atoms with Crippen LogP contribution < -0.4 is 4.90 Å². The molecule has 1 aliphatic rings. The molecule has 1 atom stereocenters. The molecule has 1 heterocycles. The summed E-state index contributed by atoms with van der Waals surface area (Å²) in [4.78, 5) is 12.8. The molecule has 0 aromatic heterocycles. The molecule has 0 saturated heterocycles. The molecule has 0 saturated carbocycles. The number of carbonyl (C=O) groups excluding carboxylic acids is 1. The molecule has 1 amide bonds. The van der Waals surface area contributed by atoms with E-state index in [1.54, 1.807) is 4.90 Å². The predicted molar refractivity (Wildman–Crippen MR) is 57.9 cm³/mol. The zero-order chi connectivity index (χ0) is 10.1. The Labute approximate surface area is 88.5 Å². The summed E-state index contributed by atoms with van der Waals surface area (Å²) < 4.78 is 0. The highest BCUT2D eigenvalue weighted by atomic mass is 35.5. The smallest absolute Gasteiger partial charge is 0.298 e. The predicted octanol–water partition coefficient (Wildman–Crippen LogP) is 3.04. The highest BCUT2D eigenvalue weighted by molar-refractivity contribution is 6.66. The third kappa shape index (κ3) is 1.62. The van der Waals surface area contributed by atoms with E-state index in [1.807, 2.05) is 18.2 Å². The summed E-state index contributed by atoms with van der Waals surface area (Å²) in [6.45, 7) is 2.85. The second-order valence-corrected chi connectivity index (χ2v) is 4.12. The number of fused-ring (bicyclic) bond motifs is 1. The highest BCUT2D eigenvalue weighted by Gasteiger charge is 2.24. The van der Waals surface area contributed by atoms with E-state index < -0.39 is 0 Å². The fraction of sp³-hybridized carbons (Fsp3) is 0.364. The van der Waals surface area contributed by atoms with Crippen LogP contribution in [0.15, 0.2) is 24.3 Å². The third-order valence-electron chi connectivity index (χ3n) is 2.56. The van der Waals surface area contributed by atoms with E-state index >= 15 is 0 Å². The van der Waals surface area contributed by atoms with Gasteiger partial charge in [-0.2, -0.15) is 0 Å². The van der Waals surface area contributed by atoms with Crippen molar-refractivity contribution in [2.45, 2.75) is 13.3 Å². The Morgan fingerprint density at radius 3 is 2.93 bits per heavy atom. The van der Waals surface area contributed by atoms with Gasteiger partial charge in [-0.15, -0.1) is 0 Å². The maximum absolute atomic E-state index is 11.2. The standard InChI is InChI=1S/C11H12ClNO/c1-8-6-9-4-2-3-5-10(9)13(7-8)11(12)14/h2-5,8H,6-7H2,1H3/t8-/m1/s1. The SMILES string of the molecule is C[C@@H]1Cc2ccccc2N(C(=O)Cl)C1. The molecule has 1 aromatic rings. The second-order valence-electron chi connectivity index (χ2n) is 3.80. The summed E-state index contributed by atoms with van der Waals surface area (Å²) in [5, 5.41) is -0.385. The molecule has 1 aromatic carbocycles. The summed E-state index contributed by atoms with van der Waals surface area (Å²) in [6, 6.07) is 7.93. The molecule has 74 valence electrons. The van der Waals surface area contributed by atoms with E-state index in [-0.39, 0.29) is 5.37 Å². The highest BCUT2D eigenvalue weighted by Crippen LogP contribution is 2.29. The van der Waals surface area contributed by atoms with Gasteiger partial charge in [-0.05, 0) is 35.6 Å². The van der Waals surface area contributed by atoms with Crippen molar-refractivity contribution in [1.29, 1.82) is 0 Å². The van der Waals surface area contributed by atoms with Crippen molar-refractivity contribution in [3.05, 3.63) is 29.8 Å². The Kier molecular flexibility index (Phi) is 2.46. The van der Waals surface area contributed by atoms with Gasteiger partial charge in [0.25, 0.3) is 0 Å². The number of anilines is 1. The zero-order valence-corrected chi connectivity index (χ0v) is 8.79. The number of nitrogens with zero attached hydrogens (tertiary/aromatic N) is 1. The van der Waals surface area contributed by atoms with Gasteiger partial charge in [-0.1, -0.05) is 25.1 Å². The second kappa shape index (κ2) is 3.62. The summed E-state index contributed by atoms with van der Waals surface area (Å²) in [6.07, 6.45) is 1.02. The van der Waals surface area contributed by atoms with Gasteiger partial charge in [0.2, 0.25) is 0 Å². The van der Waals surface area contributed by atoms with Crippen molar-refractivity contribution < 1.29 is 4.79 Å². The van der Waals surface area contributed by atoms with Crippen molar-refractivity contribution in [2.75, 3.05) is 11.4 Å². The first-order chi connectivity index (χ1) is 6.68. The van der Waals surface area contributed by atoms with Crippen LogP contribution in [0.5, 0.6) is 0 Å².